The molecule has 0 saturated heterocycles. The molecule has 9 heteroatoms. The minimum absolute atomic E-state index is 0.0245. The van der Waals surface area contributed by atoms with Gasteiger partial charge in [-0.3, -0.25) is 9.59 Å². The van der Waals surface area contributed by atoms with Crippen LogP contribution in [-0.4, -0.2) is 73.5 Å². The van der Waals surface area contributed by atoms with Crippen LogP contribution in [0, 0.1) is 0 Å². The second-order valence-electron chi connectivity index (χ2n) is 12.4. The number of rotatable bonds is 15. The number of carbonyl (C=O) groups is 2. The number of anilines is 1. The lowest BCUT2D eigenvalue weighted by Gasteiger charge is -2.45. The number of allylic oxidation sites excluding steroid dienone is 2. The zero-order valence-electron chi connectivity index (χ0n) is 28.6. The first-order valence-electron chi connectivity index (χ1n) is 17.4. The number of hydrogen-bond acceptors (Lipinski definition) is 7. The second kappa shape index (κ2) is 15.2. The van der Waals surface area contributed by atoms with Gasteiger partial charge >= 0.3 is 0 Å². The summed E-state index contributed by atoms with van der Waals surface area (Å²) in [4.78, 5) is 33.8. The maximum Gasteiger partial charge on any atom is 0.255 e. The van der Waals surface area contributed by atoms with E-state index in [1.54, 1.807) is 0 Å². The highest BCUT2D eigenvalue weighted by molar-refractivity contribution is 6.02. The number of benzene rings is 2. The van der Waals surface area contributed by atoms with E-state index in [0.29, 0.717) is 38.0 Å². The van der Waals surface area contributed by atoms with Gasteiger partial charge in [0.05, 0.1) is 6.04 Å². The van der Waals surface area contributed by atoms with Crippen molar-refractivity contribution in [3.8, 4) is 5.75 Å². The first-order valence-corrected chi connectivity index (χ1v) is 17.4. The van der Waals surface area contributed by atoms with E-state index in [9.17, 15) is 9.59 Å². The molecule has 1 aliphatic carbocycles. The smallest absolute Gasteiger partial charge is 0.255 e. The molecule has 2 aromatic carbocycles. The molecule has 5 N–H and O–H groups in total. The van der Waals surface area contributed by atoms with Crippen molar-refractivity contribution in [1.29, 1.82) is 0 Å². The third kappa shape index (κ3) is 6.43. The lowest BCUT2D eigenvalue weighted by atomic mass is 9.74. The van der Waals surface area contributed by atoms with E-state index in [1.165, 1.54) is 5.70 Å². The van der Waals surface area contributed by atoms with Gasteiger partial charge < -0.3 is 36.2 Å². The summed E-state index contributed by atoms with van der Waals surface area (Å²) in [6, 6.07) is 13.8. The predicted octanol–water partition coefficient (Wildman–Crippen LogP) is 5.03. The molecule has 0 saturated carbocycles. The van der Waals surface area contributed by atoms with Crippen molar-refractivity contribution in [2.24, 2.45) is 11.5 Å². The molecule has 2 aromatic rings. The van der Waals surface area contributed by atoms with Crippen LogP contribution in [0.15, 0.2) is 77.7 Å². The van der Waals surface area contributed by atoms with E-state index in [4.69, 9.17) is 16.2 Å². The highest BCUT2D eigenvalue weighted by Crippen LogP contribution is 2.56. The van der Waals surface area contributed by atoms with Gasteiger partial charge in [-0.15, -0.1) is 0 Å². The molecular formula is C38H52N6O3. The van der Waals surface area contributed by atoms with Gasteiger partial charge in [0, 0.05) is 85.9 Å². The summed E-state index contributed by atoms with van der Waals surface area (Å²) in [5.41, 5.74) is 16.7. The number of ether oxygens (including phenoxy) is 1. The number of unbranched alkanes of at least 4 members (excludes halogenated alkanes) is 1. The molecule has 0 radical (unpaired) electrons. The Morgan fingerprint density at radius 3 is 2.47 bits per heavy atom. The van der Waals surface area contributed by atoms with Crippen LogP contribution in [0.5, 0.6) is 5.75 Å². The van der Waals surface area contributed by atoms with Crippen LogP contribution in [-0.2, 0) is 10.3 Å². The Kier molecular flexibility index (Phi) is 11.1. The number of nitrogens with zero attached hydrogens (tertiary/aromatic N) is 3. The van der Waals surface area contributed by atoms with Crippen LogP contribution in [0.2, 0.25) is 0 Å². The fraction of sp³-hybridized carbons (Fsp3) is 0.474. The van der Waals surface area contributed by atoms with Crippen molar-refractivity contribution >= 4 is 17.5 Å². The van der Waals surface area contributed by atoms with Gasteiger partial charge in [-0.25, -0.2) is 0 Å². The summed E-state index contributed by atoms with van der Waals surface area (Å²) in [5, 5.41) is 3.01. The normalized spacial score (nSPS) is 18.6. The number of nitrogens with one attached hydrogen (secondary N) is 1. The van der Waals surface area contributed by atoms with Crippen molar-refractivity contribution in [2.45, 2.75) is 71.4 Å². The van der Waals surface area contributed by atoms with Gasteiger partial charge in [-0.2, -0.15) is 0 Å². The Balaban J connectivity index is 1.59. The molecule has 5 rings (SSSR count). The Morgan fingerprint density at radius 2 is 1.74 bits per heavy atom. The van der Waals surface area contributed by atoms with E-state index in [0.717, 1.165) is 79.3 Å². The van der Waals surface area contributed by atoms with Crippen molar-refractivity contribution in [2.75, 3.05) is 50.7 Å². The Morgan fingerprint density at radius 1 is 1.00 bits per heavy atom. The topological polar surface area (TPSA) is 117 Å². The lowest BCUT2D eigenvalue weighted by Crippen LogP contribution is -2.49. The van der Waals surface area contributed by atoms with E-state index in [-0.39, 0.29) is 11.8 Å². The third-order valence-corrected chi connectivity index (χ3v) is 9.80. The Labute approximate surface area is 280 Å². The second-order valence-corrected chi connectivity index (χ2v) is 12.4. The van der Waals surface area contributed by atoms with Crippen LogP contribution in [0.3, 0.4) is 0 Å². The molecule has 2 aliphatic heterocycles. The zero-order valence-corrected chi connectivity index (χ0v) is 28.6. The highest BCUT2D eigenvalue weighted by atomic mass is 16.5. The van der Waals surface area contributed by atoms with Crippen molar-refractivity contribution in [1.82, 2.24) is 15.1 Å². The lowest BCUT2D eigenvalue weighted by molar-refractivity contribution is -0.122. The van der Waals surface area contributed by atoms with Crippen LogP contribution < -0.4 is 26.4 Å². The first-order chi connectivity index (χ1) is 22.8. The average Bonchev–Trinajstić information content (AvgIpc) is 3.18. The average molecular weight is 641 g/mol. The summed E-state index contributed by atoms with van der Waals surface area (Å²) < 4.78 is 6.86. The Hall–Kier alpha value is -4.08. The maximum absolute atomic E-state index is 14.4. The first kappa shape index (κ1) is 34.3. The van der Waals surface area contributed by atoms with Crippen LogP contribution in [0.1, 0.15) is 81.3 Å². The molecule has 2 heterocycles. The fourth-order valence-corrected chi connectivity index (χ4v) is 7.34. The SMILES string of the molecule is CCN(CC)C1=CC2=C(C=CC1)C1(c3ccc(N(CC)CC)cc3O2)c2ccccc2C(=O)N1CCCNC(=O)C(N)CCCCN. The van der Waals surface area contributed by atoms with Gasteiger partial charge in [0.25, 0.3) is 5.91 Å². The molecule has 3 aliphatic rings. The largest absolute Gasteiger partial charge is 0.456 e. The van der Waals surface area contributed by atoms with Gasteiger partial charge in [-0.05, 0) is 71.2 Å². The number of carbonyl (C=O) groups excluding carboxylic acids is 2. The summed E-state index contributed by atoms with van der Waals surface area (Å²) in [5.74, 6) is 1.32. The van der Waals surface area contributed by atoms with Crippen LogP contribution >= 0.6 is 0 Å². The molecule has 0 aromatic heterocycles. The molecule has 2 atom stereocenters. The highest BCUT2D eigenvalue weighted by Gasteiger charge is 2.56. The monoisotopic (exact) mass is 640 g/mol. The molecule has 1 spiro atoms. The third-order valence-electron chi connectivity index (χ3n) is 9.80. The maximum atomic E-state index is 14.4. The van der Waals surface area contributed by atoms with Crippen LogP contribution in [0.25, 0.3) is 0 Å². The van der Waals surface area contributed by atoms with Gasteiger partial charge in [0.1, 0.15) is 17.0 Å². The molecule has 0 bridgehead atoms. The summed E-state index contributed by atoms with van der Waals surface area (Å²) in [6.45, 7) is 13.6. The van der Waals surface area contributed by atoms with E-state index in [1.807, 2.05) is 23.1 Å². The molecule has 252 valence electrons. The Bertz CT molecular complexity index is 1540. The molecule has 2 unspecified atom stereocenters. The van der Waals surface area contributed by atoms with Gasteiger partial charge in [-0.1, -0.05) is 42.8 Å². The number of nitrogens with two attached hydrogens (primary N) is 2. The zero-order chi connectivity index (χ0) is 33.6. The van der Waals surface area contributed by atoms with Crippen molar-refractivity contribution in [3.63, 3.8) is 0 Å². The summed E-state index contributed by atoms with van der Waals surface area (Å²) >= 11 is 0. The minimum Gasteiger partial charge on any atom is -0.456 e. The van der Waals surface area contributed by atoms with Gasteiger partial charge in [0.2, 0.25) is 5.91 Å². The minimum atomic E-state index is -0.896. The van der Waals surface area contributed by atoms with Crippen molar-refractivity contribution in [3.05, 3.63) is 94.4 Å². The standard InChI is InChI=1S/C38H52N6O3/c1-5-42(6-2)27-15-13-18-31-34(25-27)47-35-26-28(43(7-3)8-4)20-21-32(35)38(31)30-17-10-9-16-29(30)37(46)44(38)24-14-23-41-36(45)33(40)19-11-12-22-39/h9-10,13,16-18,20-21,25-26,33H,5-8,11-12,14-15,19,22-24,39-40H2,1-4H3,(H,41,45). The molecule has 47 heavy (non-hydrogen) atoms. The van der Waals surface area contributed by atoms with E-state index >= 15 is 0 Å². The molecular weight excluding hydrogens is 588 g/mol. The summed E-state index contributed by atoms with van der Waals surface area (Å²) in [6.07, 6.45) is 10.1. The molecule has 9 nitrogen and oxygen atoms in total. The number of amides is 2. The quantitative estimate of drug-likeness (QED) is 0.234. The molecule has 2 amide bonds. The van der Waals surface area contributed by atoms with E-state index in [2.05, 4.69) is 85.3 Å². The fourth-order valence-electron chi connectivity index (χ4n) is 7.34. The summed E-state index contributed by atoms with van der Waals surface area (Å²) in [7, 11) is 0. The van der Waals surface area contributed by atoms with Crippen LogP contribution in [0.4, 0.5) is 5.69 Å². The van der Waals surface area contributed by atoms with Gasteiger partial charge in [0.15, 0.2) is 0 Å². The predicted molar refractivity (Wildman–Crippen MR) is 189 cm³/mol. The van der Waals surface area contributed by atoms with Crippen molar-refractivity contribution < 1.29 is 14.3 Å². The number of hydrogen-bond donors (Lipinski definition) is 3. The number of fused-ring (bicyclic) bond motifs is 5. The van der Waals surface area contributed by atoms with E-state index < -0.39 is 11.6 Å². The molecule has 0 fully saturated rings.